The van der Waals surface area contributed by atoms with Crippen molar-refractivity contribution in [2.24, 2.45) is 0 Å². The second-order valence-corrected chi connectivity index (χ2v) is 7.53. The molecule has 3 rings (SSSR count). The zero-order valence-electron chi connectivity index (χ0n) is 13.1. The maximum atomic E-state index is 13.2. The van der Waals surface area contributed by atoms with Crippen LogP contribution < -0.4 is 5.32 Å². The fourth-order valence-electron chi connectivity index (χ4n) is 2.65. The van der Waals surface area contributed by atoms with Gasteiger partial charge in [-0.2, -0.15) is 5.26 Å². The number of nitrogens with one attached hydrogen (secondary N) is 1. The van der Waals surface area contributed by atoms with E-state index < -0.39 is 0 Å². The topological polar surface area (TPSA) is 52.9 Å². The quantitative estimate of drug-likeness (QED) is 0.773. The Labute approximate surface area is 158 Å². The predicted octanol–water partition coefficient (Wildman–Crippen LogP) is 4.86. The van der Waals surface area contributed by atoms with E-state index in [1.165, 1.54) is 23.9 Å². The molecule has 0 aromatic heterocycles. The minimum atomic E-state index is -0.341. The van der Waals surface area contributed by atoms with Gasteiger partial charge in [-0.15, -0.1) is 11.8 Å². The van der Waals surface area contributed by atoms with Crippen LogP contribution in [0.15, 0.2) is 63.6 Å². The Bertz CT molecular complexity index is 856. The van der Waals surface area contributed by atoms with Crippen LogP contribution in [0.5, 0.6) is 0 Å². The first kappa shape index (κ1) is 17.7. The van der Waals surface area contributed by atoms with Gasteiger partial charge in [-0.3, -0.25) is 4.79 Å². The van der Waals surface area contributed by atoms with Gasteiger partial charge in [-0.25, -0.2) is 4.39 Å². The average molecular weight is 417 g/mol. The molecule has 0 aliphatic carbocycles. The molecular weight excluding hydrogens is 403 g/mol. The zero-order chi connectivity index (χ0) is 17.8. The van der Waals surface area contributed by atoms with Gasteiger partial charge in [0.15, 0.2) is 0 Å². The second kappa shape index (κ2) is 7.85. The Balaban J connectivity index is 1.86. The van der Waals surface area contributed by atoms with Crippen LogP contribution in [0.1, 0.15) is 23.5 Å². The van der Waals surface area contributed by atoms with E-state index in [0.29, 0.717) is 16.4 Å². The third-order valence-electron chi connectivity index (χ3n) is 3.92. The molecule has 0 saturated heterocycles. The lowest BCUT2D eigenvalue weighted by Crippen LogP contribution is -2.30. The van der Waals surface area contributed by atoms with E-state index in [1.54, 1.807) is 12.1 Å². The summed E-state index contributed by atoms with van der Waals surface area (Å²) in [6.07, 6.45) is 0.191. The number of hydrogen-bond donors (Lipinski definition) is 1. The molecule has 0 spiro atoms. The third kappa shape index (κ3) is 4.30. The largest absolute Gasteiger partial charge is 0.320 e. The van der Waals surface area contributed by atoms with Crippen molar-refractivity contribution in [1.29, 1.82) is 5.26 Å². The van der Waals surface area contributed by atoms with Gasteiger partial charge in [0.25, 0.3) is 0 Å². The number of nitriles is 1. The van der Waals surface area contributed by atoms with Crippen LogP contribution in [0.4, 0.5) is 4.39 Å². The molecule has 0 unspecified atom stereocenters. The van der Waals surface area contributed by atoms with Crippen LogP contribution in [0.3, 0.4) is 0 Å². The van der Waals surface area contributed by atoms with Gasteiger partial charge in [0.05, 0.1) is 16.7 Å². The fraction of sp³-hybridized carbons (Fsp3) is 0.158. The number of hydrogen-bond acceptors (Lipinski definition) is 3. The summed E-state index contributed by atoms with van der Waals surface area (Å²) >= 11 is 4.83. The zero-order valence-corrected chi connectivity index (χ0v) is 15.5. The number of allylic oxidation sites excluding steroid dienone is 1. The molecule has 1 heterocycles. The Morgan fingerprint density at radius 1 is 1.20 bits per heavy atom. The molecule has 1 aliphatic rings. The minimum absolute atomic E-state index is 0.133. The number of carbonyl (C=O) groups excluding carboxylic acids is 1. The molecule has 1 N–H and O–H groups in total. The molecule has 1 amide bonds. The minimum Gasteiger partial charge on any atom is -0.320 e. The summed E-state index contributed by atoms with van der Waals surface area (Å²) in [5.41, 5.74) is 2.39. The Hall–Kier alpha value is -2.10. The summed E-state index contributed by atoms with van der Waals surface area (Å²) in [4.78, 5) is 12.1. The van der Waals surface area contributed by atoms with E-state index in [4.69, 9.17) is 0 Å². The van der Waals surface area contributed by atoms with Crippen molar-refractivity contribution in [3.05, 3.63) is 80.5 Å². The van der Waals surface area contributed by atoms with Crippen LogP contribution in [0, 0.1) is 17.1 Å². The summed E-state index contributed by atoms with van der Waals surface area (Å²) in [5, 5.41) is 13.0. The summed E-state index contributed by atoms with van der Waals surface area (Å²) in [6.45, 7) is 0. The fourth-order valence-corrected chi connectivity index (χ4v) is 3.95. The molecule has 3 nitrogen and oxygen atoms in total. The van der Waals surface area contributed by atoms with Crippen LogP contribution in [-0.2, 0) is 10.5 Å². The van der Waals surface area contributed by atoms with E-state index in [0.717, 1.165) is 15.6 Å². The van der Waals surface area contributed by atoms with E-state index in [1.807, 2.05) is 24.3 Å². The molecule has 0 fully saturated rings. The molecule has 1 aliphatic heterocycles. The van der Waals surface area contributed by atoms with E-state index >= 15 is 0 Å². The monoisotopic (exact) mass is 416 g/mol. The molecule has 0 saturated carbocycles. The maximum absolute atomic E-state index is 13.2. The molecule has 25 heavy (non-hydrogen) atoms. The first-order chi connectivity index (χ1) is 12.1. The van der Waals surface area contributed by atoms with Crippen molar-refractivity contribution in [2.75, 3.05) is 0 Å². The van der Waals surface area contributed by atoms with Crippen molar-refractivity contribution in [3.8, 4) is 6.07 Å². The molecule has 126 valence electrons. The highest BCUT2D eigenvalue weighted by Gasteiger charge is 2.29. The summed E-state index contributed by atoms with van der Waals surface area (Å²) in [7, 11) is 0. The van der Waals surface area contributed by atoms with Gasteiger partial charge >= 0.3 is 0 Å². The highest BCUT2D eigenvalue weighted by Crippen LogP contribution is 2.36. The van der Waals surface area contributed by atoms with Crippen LogP contribution in [0.2, 0.25) is 0 Å². The van der Waals surface area contributed by atoms with Crippen molar-refractivity contribution < 1.29 is 9.18 Å². The van der Waals surface area contributed by atoms with Gasteiger partial charge in [-0.05, 0) is 35.4 Å². The Kier molecular flexibility index (Phi) is 5.57. The van der Waals surface area contributed by atoms with E-state index in [2.05, 4.69) is 27.3 Å². The number of rotatable bonds is 4. The maximum Gasteiger partial charge on any atom is 0.225 e. The smallest absolute Gasteiger partial charge is 0.225 e. The van der Waals surface area contributed by atoms with Gasteiger partial charge in [0, 0.05) is 22.6 Å². The molecule has 0 radical (unpaired) electrons. The highest BCUT2D eigenvalue weighted by atomic mass is 79.9. The SMILES string of the molecule is N#CC1=C(SCc2ccc(Br)cc2)NC(=O)C[C@H]1c1ccc(F)cc1. The van der Waals surface area contributed by atoms with Crippen molar-refractivity contribution in [2.45, 2.75) is 18.1 Å². The third-order valence-corrected chi connectivity index (χ3v) is 5.54. The van der Waals surface area contributed by atoms with E-state index in [-0.39, 0.29) is 24.1 Å². The predicted molar refractivity (Wildman–Crippen MR) is 100.0 cm³/mol. The van der Waals surface area contributed by atoms with Gasteiger partial charge in [0.2, 0.25) is 5.91 Å². The molecule has 2 aromatic rings. The van der Waals surface area contributed by atoms with E-state index in [9.17, 15) is 14.4 Å². The van der Waals surface area contributed by atoms with Crippen LogP contribution in [-0.4, -0.2) is 5.91 Å². The average Bonchev–Trinajstić information content (AvgIpc) is 2.61. The van der Waals surface area contributed by atoms with Gasteiger partial charge < -0.3 is 5.32 Å². The number of benzene rings is 2. The molecular formula is C19H14BrFN2OS. The first-order valence-electron chi connectivity index (χ1n) is 7.63. The number of nitrogens with zero attached hydrogens (tertiary/aromatic N) is 1. The Morgan fingerprint density at radius 3 is 2.52 bits per heavy atom. The van der Waals surface area contributed by atoms with Crippen LogP contribution in [0.25, 0.3) is 0 Å². The number of carbonyl (C=O) groups is 1. The molecule has 6 heteroatoms. The standard InChI is InChI=1S/C19H14BrFN2OS/c20-14-5-1-12(2-6-14)11-25-19-17(10-22)16(9-18(24)23-19)13-3-7-15(21)8-4-13/h1-8,16H,9,11H2,(H,23,24)/t16-/m0/s1. The highest BCUT2D eigenvalue weighted by molar-refractivity contribution is 9.10. The Morgan fingerprint density at radius 2 is 1.88 bits per heavy atom. The summed E-state index contributed by atoms with van der Waals surface area (Å²) in [5.74, 6) is -0.167. The number of halogens is 2. The molecule has 0 bridgehead atoms. The summed E-state index contributed by atoms with van der Waals surface area (Å²) in [6, 6.07) is 16.1. The lowest BCUT2D eigenvalue weighted by molar-refractivity contribution is -0.120. The second-order valence-electron chi connectivity index (χ2n) is 5.63. The molecule has 2 aromatic carbocycles. The van der Waals surface area contributed by atoms with Crippen LogP contribution >= 0.6 is 27.7 Å². The van der Waals surface area contributed by atoms with Crippen molar-refractivity contribution in [1.82, 2.24) is 5.32 Å². The van der Waals surface area contributed by atoms with Crippen molar-refractivity contribution >= 4 is 33.6 Å². The lowest BCUT2D eigenvalue weighted by atomic mass is 9.87. The number of amides is 1. The summed E-state index contributed by atoms with van der Waals surface area (Å²) < 4.78 is 14.2. The van der Waals surface area contributed by atoms with Gasteiger partial charge in [0.1, 0.15) is 5.82 Å². The van der Waals surface area contributed by atoms with Crippen molar-refractivity contribution in [3.63, 3.8) is 0 Å². The molecule has 1 atom stereocenters. The first-order valence-corrected chi connectivity index (χ1v) is 9.41. The lowest BCUT2D eigenvalue weighted by Gasteiger charge is -2.25. The normalized spacial score (nSPS) is 17.2. The van der Waals surface area contributed by atoms with Gasteiger partial charge in [-0.1, -0.05) is 40.2 Å². The number of thioether (sulfide) groups is 1.